The fraction of sp³-hybridized carbons (Fsp3) is 0.556. The summed E-state index contributed by atoms with van der Waals surface area (Å²) in [7, 11) is 3.44. The maximum atomic E-state index is 11.8. The summed E-state index contributed by atoms with van der Waals surface area (Å²) in [6.45, 7) is 1.33. The predicted molar refractivity (Wildman–Crippen MR) is 90.3 cm³/mol. The summed E-state index contributed by atoms with van der Waals surface area (Å²) in [5.41, 5.74) is 1.09. The van der Waals surface area contributed by atoms with Crippen molar-refractivity contribution in [2.24, 2.45) is 0 Å². The lowest BCUT2D eigenvalue weighted by Gasteiger charge is -2.17. The molecule has 2 amide bonds. The monoisotopic (exact) mass is 334 g/mol. The van der Waals surface area contributed by atoms with Crippen LogP contribution in [0, 0.1) is 0 Å². The molecule has 0 bridgehead atoms. The Hall–Kier alpha value is -1.92. The average Bonchev–Trinajstić information content (AvgIpc) is 3.06. The Morgan fingerprint density at radius 1 is 1.25 bits per heavy atom. The van der Waals surface area contributed by atoms with Crippen LogP contribution >= 0.6 is 0 Å². The third kappa shape index (κ3) is 5.94. The van der Waals surface area contributed by atoms with Gasteiger partial charge in [0.15, 0.2) is 0 Å². The highest BCUT2D eigenvalue weighted by Gasteiger charge is 2.31. The number of nitrogens with zero attached hydrogens (tertiary/aromatic N) is 1. The molecule has 1 aliphatic heterocycles. The molecule has 24 heavy (non-hydrogen) atoms. The molecule has 0 radical (unpaired) electrons. The van der Waals surface area contributed by atoms with Crippen molar-refractivity contribution in [3.63, 3.8) is 0 Å². The number of amides is 2. The molecule has 2 rings (SSSR count). The van der Waals surface area contributed by atoms with Gasteiger partial charge in [-0.05, 0) is 18.4 Å². The van der Waals surface area contributed by atoms with Crippen molar-refractivity contribution in [1.29, 1.82) is 0 Å². The Labute approximate surface area is 143 Å². The van der Waals surface area contributed by atoms with Crippen LogP contribution in [0.2, 0.25) is 0 Å². The molecule has 1 aromatic rings. The van der Waals surface area contributed by atoms with Crippen molar-refractivity contribution in [1.82, 2.24) is 10.2 Å². The average molecular weight is 334 g/mol. The standard InChI is InChI=1S/C18H26N2O4/c1-20(2)18(22)16-9-8-15(24-16)12-19-17(21)10-11-23-13-14-6-4-3-5-7-14/h3-7,15-16H,8-13H2,1-2H3,(H,19,21)/t15-,16-/m1/s1. The number of benzene rings is 1. The highest BCUT2D eigenvalue weighted by Crippen LogP contribution is 2.20. The summed E-state index contributed by atoms with van der Waals surface area (Å²) in [5.74, 6) is -0.0767. The zero-order valence-corrected chi connectivity index (χ0v) is 14.4. The normalized spacial score (nSPS) is 19.9. The number of rotatable bonds is 8. The van der Waals surface area contributed by atoms with E-state index in [1.807, 2.05) is 30.3 Å². The minimum absolute atomic E-state index is 0.0156. The van der Waals surface area contributed by atoms with Gasteiger partial charge in [0.25, 0.3) is 5.91 Å². The Morgan fingerprint density at radius 2 is 2.00 bits per heavy atom. The maximum absolute atomic E-state index is 11.8. The highest BCUT2D eigenvalue weighted by atomic mass is 16.5. The first kappa shape index (κ1) is 18.4. The van der Waals surface area contributed by atoms with Crippen LogP contribution in [0.1, 0.15) is 24.8 Å². The number of hydrogen-bond acceptors (Lipinski definition) is 4. The Morgan fingerprint density at radius 3 is 2.71 bits per heavy atom. The molecular weight excluding hydrogens is 308 g/mol. The van der Waals surface area contributed by atoms with Crippen LogP contribution in [0.3, 0.4) is 0 Å². The van der Waals surface area contributed by atoms with Crippen molar-refractivity contribution >= 4 is 11.8 Å². The van der Waals surface area contributed by atoms with Crippen LogP contribution < -0.4 is 5.32 Å². The van der Waals surface area contributed by atoms with Gasteiger partial charge in [-0.1, -0.05) is 30.3 Å². The van der Waals surface area contributed by atoms with E-state index in [4.69, 9.17) is 9.47 Å². The van der Waals surface area contributed by atoms with Crippen molar-refractivity contribution < 1.29 is 19.1 Å². The van der Waals surface area contributed by atoms with E-state index in [1.165, 1.54) is 4.90 Å². The zero-order valence-electron chi connectivity index (χ0n) is 14.4. The second-order valence-corrected chi connectivity index (χ2v) is 6.15. The smallest absolute Gasteiger partial charge is 0.251 e. The SMILES string of the molecule is CN(C)C(=O)[C@H]1CC[C@H](CNC(=O)CCOCc2ccccc2)O1. The summed E-state index contributed by atoms with van der Waals surface area (Å²) in [6, 6.07) is 9.85. The van der Waals surface area contributed by atoms with Gasteiger partial charge < -0.3 is 19.7 Å². The van der Waals surface area contributed by atoms with E-state index in [0.29, 0.717) is 32.6 Å². The van der Waals surface area contributed by atoms with Gasteiger partial charge in [0.2, 0.25) is 5.91 Å². The molecule has 1 N–H and O–H groups in total. The summed E-state index contributed by atoms with van der Waals surface area (Å²) in [5, 5.41) is 2.84. The fourth-order valence-corrected chi connectivity index (χ4v) is 2.57. The van der Waals surface area contributed by atoms with Crippen molar-refractivity contribution in [2.45, 2.75) is 38.1 Å². The second kappa shape index (κ2) is 9.39. The largest absolute Gasteiger partial charge is 0.376 e. The quantitative estimate of drug-likeness (QED) is 0.729. The second-order valence-electron chi connectivity index (χ2n) is 6.15. The van der Waals surface area contributed by atoms with Gasteiger partial charge in [-0.25, -0.2) is 0 Å². The number of hydrogen-bond donors (Lipinski definition) is 1. The van der Waals surface area contributed by atoms with E-state index < -0.39 is 0 Å². The van der Waals surface area contributed by atoms with Crippen LogP contribution in [0.5, 0.6) is 0 Å². The fourth-order valence-electron chi connectivity index (χ4n) is 2.57. The number of nitrogens with one attached hydrogen (secondary N) is 1. The molecule has 1 heterocycles. The molecule has 1 aromatic carbocycles. The first-order valence-corrected chi connectivity index (χ1v) is 8.31. The maximum Gasteiger partial charge on any atom is 0.251 e. The molecule has 0 aliphatic carbocycles. The van der Waals surface area contributed by atoms with E-state index in [1.54, 1.807) is 14.1 Å². The first-order chi connectivity index (χ1) is 11.6. The van der Waals surface area contributed by atoms with Crippen LogP contribution in [0.25, 0.3) is 0 Å². The van der Waals surface area contributed by atoms with Gasteiger partial charge in [-0.15, -0.1) is 0 Å². The lowest BCUT2D eigenvalue weighted by atomic mass is 10.2. The minimum Gasteiger partial charge on any atom is -0.376 e. The summed E-state index contributed by atoms with van der Waals surface area (Å²) in [4.78, 5) is 25.2. The summed E-state index contributed by atoms with van der Waals surface area (Å²) >= 11 is 0. The number of carbonyl (C=O) groups is 2. The molecule has 6 heteroatoms. The number of carbonyl (C=O) groups excluding carboxylic acids is 2. The van der Waals surface area contributed by atoms with E-state index in [0.717, 1.165) is 12.0 Å². The molecule has 1 aliphatic rings. The van der Waals surface area contributed by atoms with E-state index in [9.17, 15) is 9.59 Å². The topological polar surface area (TPSA) is 67.9 Å². The highest BCUT2D eigenvalue weighted by molar-refractivity contribution is 5.80. The first-order valence-electron chi connectivity index (χ1n) is 8.31. The van der Waals surface area contributed by atoms with Gasteiger partial charge in [0.05, 0.1) is 19.3 Å². The zero-order chi connectivity index (χ0) is 17.4. The van der Waals surface area contributed by atoms with E-state index in [2.05, 4.69) is 5.32 Å². The lowest BCUT2D eigenvalue weighted by molar-refractivity contribution is -0.140. The van der Waals surface area contributed by atoms with Crippen LogP contribution in [-0.2, 0) is 25.7 Å². The van der Waals surface area contributed by atoms with E-state index in [-0.39, 0.29) is 24.0 Å². The van der Waals surface area contributed by atoms with Gasteiger partial charge in [-0.2, -0.15) is 0 Å². The molecule has 0 saturated carbocycles. The molecule has 2 atom stereocenters. The lowest BCUT2D eigenvalue weighted by Crippen LogP contribution is -2.36. The van der Waals surface area contributed by atoms with Crippen molar-refractivity contribution in [2.75, 3.05) is 27.2 Å². The molecule has 0 aromatic heterocycles. The number of ether oxygens (including phenoxy) is 2. The van der Waals surface area contributed by atoms with Gasteiger partial charge in [0.1, 0.15) is 6.10 Å². The van der Waals surface area contributed by atoms with Crippen molar-refractivity contribution in [3.05, 3.63) is 35.9 Å². The molecule has 132 valence electrons. The Kier molecular flexibility index (Phi) is 7.21. The summed E-state index contributed by atoms with van der Waals surface area (Å²) in [6.07, 6.45) is 1.34. The molecular formula is C18H26N2O4. The van der Waals surface area contributed by atoms with Gasteiger partial charge in [0, 0.05) is 27.1 Å². The van der Waals surface area contributed by atoms with E-state index >= 15 is 0 Å². The van der Waals surface area contributed by atoms with Crippen LogP contribution in [-0.4, -0.2) is 56.2 Å². The minimum atomic E-state index is -0.379. The van der Waals surface area contributed by atoms with Crippen LogP contribution in [0.15, 0.2) is 30.3 Å². The summed E-state index contributed by atoms with van der Waals surface area (Å²) < 4.78 is 11.2. The Balaban J connectivity index is 1.56. The molecule has 6 nitrogen and oxygen atoms in total. The predicted octanol–water partition coefficient (Wildman–Crippen LogP) is 1.35. The van der Waals surface area contributed by atoms with Gasteiger partial charge in [-0.3, -0.25) is 9.59 Å². The third-order valence-corrected chi connectivity index (χ3v) is 3.94. The molecule has 0 unspecified atom stereocenters. The van der Waals surface area contributed by atoms with Gasteiger partial charge >= 0.3 is 0 Å². The van der Waals surface area contributed by atoms with Crippen molar-refractivity contribution in [3.8, 4) is 0 Å². The van der Waals surface area contributed by atoms with Crippen LogP contribution in [0.4, 0.5) is 0 Å². The number of likely N-dealkylation sites (N-methyl/N-ethyl adjacent to an activating group) is 1. The molecule has 0 spiro atoms. The molecule has 1 fully saturated rings. The Bertz CT molecular complexity index is 533. The third-order valence-electron chi connectivity index (χ3n) is 3.94. The molecule has 1 saturated heterocycles.